The minimum absolute atomic E-state index is 0.0218. The molecule has 0 fully saturated rings. The summed E-state index contributed by atoms with van der Waals surface area (Å²) in [5, 5.41) is 0. The Bertz CT molecular complexity index is 577. The second kappa shape index (κ2) is 4.79. The molecular weight excluding hydrogens is 228 g/mol. The predicted molar refractivity (Wildman–Crippen MR) is 71.8 cm³/mol. The lowest BCUT2D eigenvalue weighted by atomic mass is 10.1. The summed E-state index contributed by atoms with van der Waals surface area (Å²) in [6.07, 6.45) is 0. The van der Waals surface area contributed by atoms with Crippen molar-refractivity contribution in [3.05, 3.63) is 48.0 Å². The molecular formula is C14H14N2O2. The zero-order valence-corrected chi connectivity index (χ0v) is 10.0. The number of hydrogen-bond donors (Lipinski definition) is 2. The Morgan fingerprint density at radius 1 is 1.06 bits per heavy atom. The van der Waals surface area contributed by atoms with E-state index in [-0.39, 0.29) is 5.78 Å². The highest BCUT2D eigenvalue weighted by Gasteiger charge is 2.04. The zero-order valence-electron chi connectivity index (χ0n) is 10.0. The molecule has 2 rings (SSSR count). The molecule has 0 saturated heterocycles. The molecule has 4 nitrogen and oxygen atoms in total. The number of carbonyl (C=O) groups is 1. The van der Waals surface area contributed by atoms with Crippen molar-refractivity contribution in [3.63, 3.8) is 0 Å². The van der Waals surface area contributed by atoms with Gasteiger partial charge in [0.1, 0.15) is 11.5 Å². The van der Waals surface area contributed by atoms with Crippen molar-refractivity contribution in [1.29, 1.82) is 0 Å². The van der Waals surface area contributed by atoms with E-state index >= 15 is 0 Å². The Morgan fingerprint density at radius 2 is 1.72 bits per heavy atom. The van der Waals surface area contributed by atoms with Crippen LogP contribution in [0.25, 0.3) is 0 Å². The molecule has 0 aromatic heterocycles. The van der Waals surface area contributed by atoms with E-state index in [1.54, 1.807) is 42.5 Å². The van der Waals surface area contributed by atoms with Crippen LogP contribution >= 0.6 is 0 Å². The smallest absolute Gasteiger partial charge is 0.159 e. The molecule has 18 heavy (non-hydrogen) atoms. The molecule has 0 heterocycles. The molecule has 0 atom stereocenters. The summed E-state index contributed by atoms with van der Waals surface area (Å²) >= 11 is 0. The van der Waals surface area contributed by atoms with E-state index in [9.17, 15) is 4.79 Å². The van der Waals surface area contributed by atoms with Crippen molar-refractivity contribution in [2.24, 2.45) is 0 Å². The Labute approximate surface area is 105 Å². The maximum Gasteiger partial charge on any atom is 0.159 e. The molecule has 0 bridgehead atoms. The quantitative estimate of drug-likeness (QED) is 0.640. The van der Waals surface area contributed by atoms with E-state index < -0.39 is 0 Å². The average Bonchev–Trinajstić information content (AvgIpc) is 2.33. The van der Waals surface area contributed by atoms with Crippen molar-refractivity contribution in [3.8, 4) is 11.5 Å². The van der Waals surface area contributed by atoms with Crippen LogP contribution in [0.4, 0.5) is 11.4 Å². The Kier molecular flexibility index (Phi) is 3.19. The molecule has 4 N–H and O–H groups in total. The van der Waals surface area contributed by atoms with Gasteiger partial charge in [0.2, 0.25) is 0 Å². The minimum atomic E-state index is 0.0218. The van der Waals surface area contributed by atoms with E-state index in [1.807, 2.05) is 0 Å². The third kappa shape index (κ3) is 2.60. The van der Waals surface area contributed by atoms with Crippen LogP contribution in [0.15, 0.2) is 42.5 Å². The molecule has 0 saturated carbocycles. The fraction of sp³-hybridized carbons (Fsp3) is 0.0714. The summed E-state index contributed by atoms with van der Waals surface area (Å²) in [6, 6.07) is 12.0. The Balaban J connectivity index is 2.21. The molecule has 0 amide bonds. The fourth-order valence-corrected chi connectivity index (χ4v) is 1.54. The van der Waals surface area contributed by atoms with Gasteiger partial charge in [-0.2, -0.15) is 0 Å². The normalized spacial score (nSPS) is 10.1. The number of Topliss-reactive ketones (excluding diaryl/α,β-unsaturated/α-hetero) is 1. The fourth-order valence-electron chi connectivity index (χ4n) is 1.54. The molecule has 2 aromatic rings. The number of nitrogens with two attached hydrogens (primary N) is 2. The Hall–Kier alpha value is -2.49. The van der Waals surface area contributed by atoms with Crippen molar-refractivity contribution in [1.82, 2.24) is 0 Å². The van der Waals surface area contributed by atoms with Gasteiger partial charge in [-0.3, -0.25) is 4.79 Å². The highest BCUT2D eigenvalue weighted by Crippen LogP contribution is 2.28. The lowest BCUT2D eigenvalue weighted by molar-refractivity contribution is 0.101. The number of benzene rings is 2. The van der Waals surface area contributed by atoms with Gasteiger partial charge in [-0.15, -0.1) is 0 Å². The van der Waals surface area contributed by atoms with Crippen LogP contribution < -0.4 is 16.2 Å². The number of anilines is 2. The van der Waals surface area contributed by atoms with Crippen LogP contribution in [-0.4, -0.2) is 5.78 Å². The molecule has 0 unspecified atom stereocenters. The number of nitrogen functional groups attached to an aromatic ring is 2. The van der Waals surface area contributed by atoms with Crippen molar-refractivity contribution in [2.45, 2.75) is 6.92 Å². The monoisotopic (exact) mass is 242 g/mol. The first kappa shape index (κ1) is 12.0. The maximum absolute atomic E-state index is 11.1. The summed E-state index contributed by atoms with van der Waals surface area (Å²) in [5.41, 5.74) is 13.1. The van der Waals surface area contributed by atoms with Crippen molar-refractivity contribution in [2.75, 3.05) is 11.5 Å². The average molecular weight is 242 g/mol. The molecule has 0 radical (unpaired) electrons. The first-order valence-corrected chi connectivity index (χ1v) is 5.50. The summed E-state index contributed by atoms with van der Waals surface area (Å²) in [7, 11) is 0. The van der Waals surface area contributed by atoms with Gasteiger partial charge in [-0.25, -0.2) is 0 Å². The number of ketones is 1. The molecule has 4 heteroatoms. The third-order valence-corrected chi connectivity index (χ3v) is 2.52. The van der Waals surface area contributed by atoms with Gasteiger partial charge in [-0.1, -0.05) is 0 Å². The van der Waals surface area contributed by atoms with E-state index in [2.05, 4.69) is 0 Å². The summed E-state index contributed by atoms with van der Waals surface area (Å²) in [4.78, 5) is 11.1. The SMILES string of the molecule is CC(=O)c1ccc(Oc2ccc(N)cc2N)cc1. The highest BCUT2D eigenvalue weighted by molar-refractivity contribution is 5.94. The maximum atomic E-state index is 11.1. The number of hydrogen-bond acceptors (Lipinski definition) is 4. The zero-order chi connectivity index (χ0) is 13.1. The largest absolute Gasteiger partial charge is 0.455 e. The number of ether oxygens (including phenoxy) is 1. The highest BCUT2D eigenvalue weighted by atomic mass is 16.5. The Morgan fingerprint density at radius 3 is 2.28 bits per heavy atom. The topological polar surface area (TPSA) is 78.3 Å². The number of rotatable bonds is 3. The van der Waals surface area contributed by atoms with Crippen LogP contribution in [0.1, 0.15) is 17.3 Å². The predicted octanol–water partition coefficient (Wildman–Crippen LogP) is 2.85. The van der Waals surface area contributed by atoms with Crippen LogP contribution in [0, 0.1) is 0 Å². The van der Waals surface area contributed by atoms with Gasteiger partial charge >= 0.3 is 0 Å². The molecule has 0 aliphatic carbocycles. The van der Waals surface area contributed by atoms with Crippen LogP contribution in [0.3, 0.4) is 0 Å². The van der Waals surface area contributed by atoms with E-state index in [1.165, 1.54) is 6.92 Å². The van der Waals surface area contributed by atoms with E-state index in [4.69, 9.17) is 16.2 Å². The summed E-state index contributed by atoms with van der Waals surface area (Å²) in [6.45, 7) is 1.52. The van der Waals surface area contributed by atoms with Gasteiger partial charge in [0.25, 0.3) is 0 Å². The first-order chi connectivity index (χ1) is 8.56. The van der Waals surface area contributed by atoms with Crippen LogP contribution in [0.5, 0.6) is 11.5 Å². The molecule has 0 aliphatic rings. The summed E-state index contributed by atoms with van der Waals surface area (Å²) < 4.78 is 5.61. The van der Waals surface area contributed by atoms with Crippen LogP contribution in [0.2, 0.25) is 0 Å². The molecule has 2 aromatic carbocycles. The van der Waals surface area contributed by atoms with Gasteiger partial charge < -0.3 is 16.2 Å². The summed E-state index contributed by atoms with van der Waals surface area (Å²) in [5.74, 6) is 1.18. The van der Waals surface area contributed by atoms with Gasteiger partial charge in [0.15, 0.2) is 5.78 Å². The van der Waals surface area contributed by atoms with Crippen molar-refractivity contribution >= 4 is 17.2 Å². The van der Waals surface area contributed by atoms with E-state index in [0.29, 0.717) is 28.4 Å². The van der Waals surface area contributed by atoms with Crippen LogP contribution in [-0.2, 0) is 0 Å². The van der Waals surface area contributed by atoms with Gasteiger partial charge in [0, 0.05) is 11.3 Å². The van der Waals surface area contributed by atoms with Gasteiger partial charge in [0.05, 0.1) is 5.69 Å². The molecule has 0 spiro atoms. The van der Waals surface area contributed by atoms with Crippen molar-refractivity contribution < 1.29 is 9.53 Å². The third-order valence-electron chi connectivity index (χ3n) is 2.52. The van der Waals surface area contributed by atoms with E-state index in [0.717, 1.165) is 0 Å². The first-order valence-electron chi connectivity index (χ1n) is 5.50. The number of carbonyl (C=O) groups excluding carboxylic acids is 1. The lowest BCUT2D eigenvalue weighted by Gasteiger charge is -2.09. The minimum Gasteiger partial charge on any atom is -0.455 e. The molecule has 92 valence electrons. The lowest BCUT2D eigenvalue weighted by Crippen LogP contribution is -1.95. The second-order valence-electron chi connectivity index (χ2n) is 3.98. The second-order valence-corrected chi connectivity index (χ2v) is 3.98. The standard InChI is InChI=1S/C14H14N2O2/c1-9(17)10-2-5-12(6-3-10)18-14-7-4-11(15)8-13(14)16/h2-8H,15-16H2,1H3. The van der Waals surface area contributed by atoms with Gasteiger partial charge in [-0.05, 0) is 49.4 Å². The molecule has 0 aliphatic heterocycles.